The van der Waals surface area contributed by atoms with Gasteiger partial charge in [-0.05, 0) is 85.9 Å². The molecule has 0 aromatic rings. The van der Waals surface area contributed by atoms with Crippen LogP contribution >= 0.6 is 0 Å². The summed E-state index contributed by atoms with van der Waals surface area (Å²) in [6.45, 7) is 10.5. The molecule has 9 heteroatoms. The summed E-state index contributed by atoms with van der Waals surface area (Å²) in [6, 6.07) is 0. The first-order valence-electron chi connectivity index (χ1n) is 16.4. The van der Waals surface area contributed by atoms with E-state index in [9.17, 15) is 35.7 Å². The minimum Gasteiger partial charge on any atom is -0.394 e. The van der Waals surface area contributed by atoms with Gasteiger partial charge >= 0.3 is 0 Å². The molecule has 0 aromatic heterocycles. The van der Waals surface area contributed by atoms with E-state index in [-0.39, 0.29) is 29.1 Å². The van der Waals surface area contributed by atoms with Crippen molar-refractivity contribution in [3.63, 3.8) is 0 Å². The molecule has 3 saturated carbocycles. The Kier molecular flexibility index (Phi) is 9.59. The highest BCUT2D eigenvalue weighted by Crippen LogP contribution is 2.67. The second-order valence-electron chi connectivity index (χ2n) is 15.3. The van der Waals surface area contributed by atoms with Crippen molar-refractivity contribution in [3.8, 4) is 0 Å². The van der Waals surface area contributed by atoms with E-state index < -0.39 is 67.1 Å². The minimum absolute atomic E-state index is 0.00248. The predicted molar refractivity (Wildman–Crippen MR) is 156 cm³/mol. The Bertz CT molecular complexity index is 971. The first-order valence-corrected chi connectivity index (χ1v) is 16.4. The molecule has 0 amide bonds. The molecule has 4 aliphatic carbocycles. The molecule has 0 radical (unpaired) electrons. The van der Waals surface area contributed by atoms with Gasteiger partial charge in [0, 0.05) is 11.8 Å². The van der Waals surface area contributed by atoms with Gasteiger partial charge in [0.2, 0.25) is 0 Å². The Balaban J connectivity index is 1.40. The molecule has 0 spiro atoms. The normalized spacial score (nSPS) is 50.5. The van der Waals surface area contributed by atoms with Crippen LogP contribution in [0.2, 0.25) is 0 Å². The van der Waals surface area contributed by atoms with Crippen molar-refractivity contribution in [3.05, 3.63) is 11.6 Å². The van der Waals surface area contributed by atoms with Gasteiger partial charge in [-0.2, -0.15) is 0 Å². The fraction of sp³-hybridized carbons (Fsp3) is 0.939. The van der Waals surface area contributed by atoms with Gasteiger partial charge in [-0.3, -0.25) is 0 Å². The van der Waals surface area contributed by atoms with Crippen LogP contribution in [-0.4, -0.2) is 97.5 Å². The summed E-state index contributed by atoms with van der Waals surface area (Å²) in [5.41, 5.74) is 0.601. The quantitative estimate of drug-likeness (QED) is 0.208. The van der Waals surface area contributed by atoms with E-state index in [1.807, 2.05) is 0 Å². The molecule has 1 aliphatic heterocycles. The number of hydrogen-bond donors (Lipinski definition) is 7. The van der Waals surface area contributed by atoms with E-state index >= 15 is 0 Å². The summed E-state index contributed by atoms with van der Waals surface area (Å²) in [6.07, 6.45) is -0.510. The fourth-order valence-electron chi connectivity index (χ4n) is 10.2. The van der Waals surface area contributed by atoms with E-state index in [4.69, 9.17) is 9.47 Å². The maximum Gasteiger partial charge on any atom is 0.187 e. The van der Waals surface area contributed by atoms with Crippen LogP contribution in [0.25, 0.3) is 0 Å². The van der Waals surface area contributed by atoms with Crippen LogP contribution in [0.3, 0.4) is 0 Å². The van der Waals surface area contributed by atoms with Gasteiger partial charge in [-0.25, -0.2) is 0 Å². The van der Waals surface area contributed by atoms with Crippen molar-refractivity contribution in [2.45, 2.75) is 141 Å². The summed E-state index contributed by atoms with van der Waals surface area (Å²) < 4.78 is 12.2. The third-order valence-corrected chi connectivity index (χ3v) is 12.6. The third kappa shape index (κ3) is 5.43. The number of aliphatic hydroxyl groups excluding tert-OH is 7. The molecule has 0 bridgehead atoms. The van der Waals surface area contributed by atoms with Crippen LogP contribution in [0.4, 0.5) is 0 Å². The molecule has 1 heterocycles. The molecule has 9 nitrogen and oxygen atoms in total. The molecule has 4 fully saturated rings. The number of allylic oxidation sites excluding steroid dienone is 1. The highest BCUT2D eigenvalue weighted by molar-refractivity contribution is 5.28. The topological polar surface area (TPSA) is 160 Å². The van der Waals surface area contributed by atoms with E-state index in [2.05, 4.69) is 40.7 Å². The Morgan fingerprint density at radius 1 is 0.976 bits per heavy atom. The second-order valence-corrected chi connectivity index (χ2v) is 15.3. The molecule has 7 N–H and O–H groups in total. The Hall–Kier alpha value is -0.620. The molecular weight excluding hydrogens is 540 g/mol. The van der Waals surface area contributed by atoms with Crippen LogP contribution < -0.4 is 0 Å². The molecule has 1 saturated heterocycles. The van der Waals surface area contributed by atoms with E-state index in [0.29, 0.717) is 31.1 Å². The molecule has 16 atom stereocenters. The summed E-state index contributed by atoms with van der Waals surface area (Å²) in [4.78, 5) is 0. The average Bonchev–Trinajstić information content (AvgIpc) is 3.21. The molecular formula is C33H56O9. The molecule has 42 heavy (non-hydrogen) atoms. The van der Waals surface area contributed by atoms with E-state index in [1.165, 1.54) is 0 Å². The largest absolute Gasteiger partial charge is 0.394 e. The lowest BCUT2D eigenvalue weighted by Gasteiger charge is -2.60. The van der Waals surface area contributed by atoms with Crippen molar-refractivity contribution < 1.29 is 45.2 Å². The molecule has 5 rings (SSSR count). The molecule has 0 aromatic carbocycles. The summed E-state index contributed by atoms with van der Waals surface area (Å²) >= 11 is 0. The van der Waals surface area contributed by atoms with Crippen LogP contribution in [0.1, 0.15) is 86.0 Å². The zero-order valence-corrected chi connectivity index (χ0v) is 26.0. The van der Waals surface area contributed by atoms with Crippen LogP contribution in [-0.2, 0) is 9.47 Å². The zero-order valence-electron chi connectivity index (χ0n) is 26.0. The number of rotatable bonds is 8. The SMILES string of the molecule is CC(C)CC[C@H](O)[C@@H](C)[C@H]1[C@@H](O)C[C@H]2[C@@H]3CC=C4C[C@@H](O)C[C@@H](O[C@@H]5O[C@H](CO)[C@@H](O)[C@H](O)[C@H]5O)[C@]4(C)[C@H]3CC[C@]12C. The van der Waals surface area contributed by atoms with Crippen molar-refractivity contribution in [1.29, 1.82) is 0 Å². The third-order valence-electron chi connectivity index (χ3n) is 12.6. The van der Waals surface area contributed by atoms with Crippen molar-refractivity contribution in [1.82, 2.24) is 0 Å². The second kappa shape index (κ2) is 12.3. The lowest BCUT2D eigenvalue weighted by atomic mass is 9.46. The first kappa shape index (κ1) is 32.8. The highest BCUT2D eigenvalue weighted by Gasteiger charge is 2.64. The van der Waals surface area contributed by atoms with E-state index in [1.54, 1.807) is 0 Å². The minimum atomic E-state index is -1.53. The summed E-state index contributed by atoms with van der Waals surface area (Å²) in [5, 5.41) is 74.6. The first-order chi connectivity index (χ1) is 19.7. The van der Waals surface area contributed by atoms with Crippen LogP contribution in [0.5, 0.6) is 0 Å². The van der Waals surface area contributed by atoms with Crippen LogP contribution in [0.15, 0.2) is 11.6 Å². The molecule has 0 unspecified atom stereocenters. The zero-order chi connectivity index (χ0) is 30.7. The number of fused-ring (bicyclic) bond motifs is 5. The number of aliphatic hydroxyl groups is 7. The average molecular weight is 597 g/mol. The van der Waals surface area contributed by atoms with Gasteiger partial charge in [0.1, 0.15) is 24.4 Å². The lowest BCUT2D eigenvalue weighted by Crippen LogP contribution is -2.62. The Labute approximate surface area is 250 Å². The summed E-state index contributed by atoms with van der Waals surface area (Å²) in [7, 11) is 0. The Morgan fingerprint density at radius 2 is 1.69 bits per heavy atom. The van der Waals surface area contributed by atoms with Gasteiger partial charge in [-0.15, -0.1) is 0 Å². The predicted octanol–water partition coefficient (Wildman–Crippen LogP) is 2.13. The monoisotopic (exact) mass is 596 g/mol. The van der Waals surface area contributed by atoms with Gasteiger partial charge in [-0.1, -0.05) is 46.3 Å². The van der Waals surface area contributed by atoms with E-state index in [0.717, 1.165) is 37.7 Å². The van der Waals surface area contributed by atoms with Gasteiger partial charge in [0.25, 0.3) is 0 Å². The number of hydrogen-bond acceptors (Lipinski definition) is 9. The van der Waals surface area contributed by atoms with Gasteiger partial charge in [0.05, 0.1) is 31.0 Å². The maximum atomic E-state index is 11.5. The molecule has 5 aliphatic rings. The van der Waals surface area contributed by atoms with Crippen molar-refractivity contribution >= 4 is 0 Å². The van der Waals surface area contributed by atoms with Crippen molar-refractivity contribution in [2.75, 3.05) is 6.61 Å². The smallest absolute Gasteiger partial charge is 0.187 e. The molecule has 242 valence electrons. The highest BCUT2D eigenvalue weighted by atomic mass is 16.7. The summed E-state index contributed by atoms with van der Waals surface area (Å²) in [5.74, 6) is 1.36. The van der Waals surface area contributed by atoms with Gasteiger partial charge in [0.15, 0.2) is 6.29 Å². The number of ether oxygens (including phenoxy) is 2. The maximum absolute atomic E-state index is 11.5. The standard InChI is InChI=1S/C33H56O9/c1-16(2)6-9-23(36)17(3)27-24(37)14-22-20-8-7-18-12-19(35)13-26(33(18,5)21(20)10-11-32(22,27)4)42-31-30(40)29(39)28(38)25(15-34)41-31/h7,16-17,19-31,34-40H,6,8-15H2,1-5H3/t17-,19-,20-,21+,22+,23+,24+,25-,26-,27+,28-,29+,30-,31+,32+,33+/m1/s1. The Morgan fingerprint density at radius 3 is 2.36 bits per heavy atom. The van der Waals surface area contributed by atoms with Crippen LogP contribution in [0, 0.1) is 46.3 Å². The van der Waals surface area contributed by atoms with Gasteiger partial charge < -0.3 is 45.2 Å². The van der Waals surface area contributed by atoms with Crippen molar-refractivity contribution in [2.24, 2.45) is 46.3 Å². The fourth-order valence-corrected chi connectivity index (χ4v) is 10.2. The lowest BCUT2D eigenvalue weighted by molar-refractivity contribution is -0.324.